The van der Waals surface area contributed by atoms with E-state index in [1.807, 2.05) is 31.2 Å². The maximum Gasteiger partial charge on any atom is 0.229 e. The van der Waals surface area contributed by atoms with Gasteiger partial charge in [-0.15, -0.1) is 0 Å². The largest absolute Gasteiger partial charge is 0.489 e. The predicted octanol–water partition coefficient (Wildman–Crippen LogP) is 4.17. The first-order valence-corrected chi connectivity index (χ1v) is 8.96. The van der Waals surface area contributed by atoms with E-state index in [1.54, 1.807) is 6.08 Å². The Bertz CT molecular complexity index is 927. The van der Waals surface area contributed by atoms with Crippen LogP contribution in [0.2, 0.25) is 0 Å². The van der Waals surface area contributed by atoms with E-state index in [9.17, 15) is 0 Å². The second-order valence-corrected chi connectivity index (χ2v) is 6.53. The minimum atomic E-state index is 0.483. The molecule has 1 aliphatic heterocycles. The third kappa shape index (κ3) is 3.35. The number of nitrogens with one attached hydrogen (secondary N) is 2. The van der Waals surface area contributed by atoms with E-state index < -0.39 is 0 Å². The standard InChI is InChI=1S/C20H23N5O/c1-3-11-26-16-8-6-7-15(13-16)22-19-17-12-14(2)21-18(17)23-20(24-19)25-9-4-5-10-25/h3,6-8,12-13H,1,4-5,9-11H2,2H3,(H2,21,22,23,24). The van der Waals surface area contributed by atoms with Gasteiger partial charge in [-0.05, 0) is 38.0 Å². The number of nitrogens with zero attached hydrogens (tertiary/aromatic N) is 3. The molecule has 134 valence electrons. The van der Waals surface area contributed by atoms with Crippen LogP contribution in [0.5, 0.6) is 5.75 Å². The van der Waals surface area contributed by atoms with E-state index in [0.717, 1.165) is 53.0 Å². The maximum atomic E-state index is 5.62. The van der Waals surface area contributed by atoms with Crippen molar-refractivity contribution in [2.24, 2.45) is 0 Å². The van der Waals surface area contributed by atoms with Crippen molar-refractivity contribution in [2.45, 2.75) is 19.8 Å². The molecule has 26 heavy (non-hydrogen) atoms. The minimum Gasteiger partial charge on any atom is -0.489 e. The molecule has 0 aliphatic carbocycles. The van der Waals surface area contributed by atoms with Gasteiger partial charge in [0.25, 0.3) is 0 Å². The molecule has 6 nitrogen and oxygen atoms in total. The van der Waals surface area contributed by atoms with Crippen LogP contribution in [-0.2, 0) is 0 Å². The van der Waals surface area contributed by atoms with Gasteiger partial charge in [-0.2, -0.15) is 9.97 Å². The Hall–Kier alpha value is -3.02. The topological polar surface area (TPSA) is 66.1 Å². The SMILES string of the molecule is C=CCOc1cccc(Nc2nc(N3CCCC3)nc3[nH]c(C)cc23)c1. The molecule has 4 rings (SSSR count). The van der Waals surface area contributed by atoms with Gasteiger partial charge < -0.3 is 19.9 Å². The summed E-state index contributed by atoms with van der Waals surface area (Å²) < 4.78 is 5.62. The smallest absolute Gasteiger partial charge is 0.229 e. The van der Waals surface area contributed by atoms with Crippen LogP contribution in [0.3, 0.4) is 0 Å². The molecule has 3 heterocycles. The number of fused-ring (bicyclic) bond motifs is 1. The van der Waals surface area contributed by atoms with Crippen molar-refractivity contribution >= 4 is 28.5 Å². The van der Waals surface area contributed by atoms with Crippen LogP contribution in [0, 0.1) is 6.92 Å². The quantitative estimate of drug-likeness (QED) is 0.654. The average molecular weight is 349 g/mol. The third-order valence-corrected chi connectivity index (χ3v) is 4.46. The fourth-order valence-electron chi connectivity index (χ4n) is 3.24. The van der Waals surface area contributed by atoms with Crippen LogP contribution in [0.1, 0.15) is 18.5 Å². The number of hydrogen-bond acceptors (Lipinski definition) is 5. The highest BCUT2D eigenvalue weighted by atomic mass is 16.5. The van der Waals surface area contributed by atoms with E-state index in [-0.39, 0.29) is 0 Å². The van der Waals surface area contributed by atoms with Gasteiger partial charge in [-0.25, -0.2) is 0 Å². The average Bonchev–Trinajstić information content (AvgIpc) is 3.29. The highest BCUT2D eigenvalue weighted by Gasteiger charge is 2.18. The number of H-pyrrole nitrogens is 1. The van der Waals surface area contributed by atoms with Gasteiger partial charge in [0, 0.05) is 30.5 Å². The molecular formula is C20H23N5O. The van der Waals surface area contributed by atoms with Crippen LogP contribution in [-0.4, -0.2) is 34.6 Å². The molecule has 0 amide bonds. The number of anilines is 3. The monoisotopic (exact) mass is 349 g/mol. The molecule has 1 aromatic carbocycles. The minimum absolute atomic E-state index is 0.483. The summed E-state index contributed by atoms with van der Waals surface area (Å²) in [6, 6.07) is 9.93. The molecule has 0 saturated carbocycles. The fourth-order valence-corrected chi connectivity index (χ4v) is 3.24. The van der Waals surface area contributed by atoms with Gasteiger partial charge in [0.15, 0.2) is 0 Å². The van der Waals surface area contributed by atoms with Crippen molar-refractivity contribution in [1.29, 1.82) is 0 Å². The first-order chi connectivity index (χ1) is 12.7. The molecule has 0 spiro atoms. The van der Waals surface area contributed by atoms with E-state index >= 15 is 0 Å². The zero-order valence-corrected chi connectivity index (χ0v) is 15.0. The number of aryl methyl sites for hydroxylation is 1. The summed E-state index contributed by atoms with van der Waals surface area (Å²) in [7, 11) is 0. The first kappa shape index (κ1) is 16.4. The number of benzene rings is 1. The number of aromatic amines is 1. The van der Waals surface area contributed by atoms with Gasteiger partial charge >= 0.3 is 0 Å². The van der Waals surface area contributed by atoms with Gasteiger partial charge in [-0.1, -0.05) is 18.7 Å². The van der Waals surface area contributed by atoms with Crippen LogP contribution in [0.25, 0.3) is 11.0 Å². The van der Waals surface area contributed by atoms with Crippen LogP contribution >= 0.6 is 0 Å². The van der Waals surface area contributed by atoms with Crippen molar-refractivity contribution in [3.05, 3.63) is 48.7 Å². The summed E-state index contributed by atoms with van der Waals surface area (Å²) in [5.74, 6) is 2.38. The number of ether oxygens (including phenoxy) is 1. The Morgan fingerprint density at radius 2 is 2.12 bits per heavy atom. The molecule has 0 bridgehead atoms. The maximum absolute atomic E-state index is 5.62. The molecule has 2 N–H and O–H groups in total. The molecule has 2 aromatic heterocycles. The molecular weight excluding hydrogens is 326 g/mol. The summed E-state index contributed by atoms with van der Waals surface area (Å²) >= 11 is 0. The molecule has 1 saturated heterocycles. The molecule has 1 fully saturated rings. The lowest BCUT2D eigenvalue weighted by atomic mass is 10.3. The summed E-state index contributed by atoms with van der Waals surface area (Å²) in [6.07, 6.45) is 4.12. The normalized spacial score (nSPS) is 14.0. The van der Waals surface area contributed by atoms with Gasteiger partial charge in [-0.3, -0.25) is 0 Å². The van der Waals surface area contributed by atoms with Crippen molar-refractivity contribution in [3.8, 4) is 5.75 Å². The van der Waals surface area contributed by atoms with Crippen molar-refractivity contribution in [3.63, 3.8) is 0 Å². The van der Waals surface area contributed by atoms with Gasteiger partial charge in [0.1, 0.15) is 23.8 Å². The van der Waals surface area contributed by atoms with Gasteiger partial charge in [0.2, 0.25) is 5.95 Å². The lowest BCUT2D eigenvalue weighted by Crippen LogP contribution is -2.20. The predicted molar refractivity (Wildman–Crippen MR) is 105 cm³/mol. The molecule has 0 unspecified atom stereocenters. The van der Waals surface area contributed by atoms with Crippen LogP contribution in [0.15, 0.2) is 43.0 Å². The molecule has 0 radical (unpaired) electrons. The Balaban J connectivity index is 1.69. The van der Waals surface area contributed by atoms with Crippen molar-refractivity contribution < 1.29 is 4.74 Å². The second-order valence-electron chi connectivity index (χ2n) is 6.53. The highest BCUT2D eigenvalue weighted by molar-refractivity contribution is 5.90. The third-order valence-electron chi connectivity index (χ3n) is 4.46. The van der Waals surface area contributed by atoms with Crippen LogP contribution < -0.4 is 15.0 Å². The molecule has 3 aromatic rings. The fraction of sp³-hybridized carbons (Fsp3) is 0.300. The Morgan fingerprint density at radius 3 is 2.92 bits per heavy atom. The van der Waals surface area contributed by atoms with E-state index in [4.69, 9.17) is 14.7 Å². The molecule has 6 heteroatoms. The second kappa shape index (κ2) is 7.07. The van der Waals surface area contributed by atoms with Crippen molar-refractivity contribution in [1.82, 2.24) is 15.0 Å². The molecule has 1 aliphatic rings. The Labute approximate surface area is 152 Å². The molecule has 0 atom stereocenters. The highest BCUT2D eigenvalue weighted by Crippen LogP contribution is 2.29. The lowest BCUT2D eigenvalue weighted by molar-refractivity contribution is 0.363. The number of hydrogen-bond donors (Lipinski definition) is 2. The summed E-state index contributed by atoms with van der Waals surface area (Å²) in [5.41, 5.74) is 2.86. The van der Waals surface area contributed by atoms with E-state index in [0.29, 0.717) is 6.61 Å². The van der Waals surface area contributed by atoms with Gasteiger partial charge in [0.05, 0.1) is 5.39 Å². The number of aromatic nitrogens is 3. The lowest BCUT2D eigenvalue weighted by Gasteiger charge is -2.17. The zero-order chi connectivity index (χ0) is 17.9. The van der Waals surface area contributed by atoms with E-state index in [1.165, 1.54) is 12.8 Å². The van der Waals surface area contributed by atoms with E-state index in [2.05, 4.69) is 27.8 Å². The zero-order valence-electron chi connectivity index (χ0n) is 15.0. The summed E-state index contributed by atoms with van der Waals surface area (Å²) in [5, 5.41) is 4.43. The summed E-state index contributed by atoms with van der Waals surface area (Å²) in [6.45, 7) is 8.22. The Kier molecular flexibility index (Phi) is 4.48. The summed E-state index contributed by atoms with van der Waals surface area (Å²) in [4.78, 5) is 15.1. The number of rotatable bonds is 6. The van der Waals surface area contributed by atoms with Crippen LogP contribution in [0.4, 0.5) is 17.5 Å². The van der Waals surface area contributed by atoms with Crippen molar-refractivity contribution in [2.75, 3.05) is 29.9 Å². The Morgan fingerprint density at radius 1 is 1.27 bits per heavy atom. The first-order valence-electron chi connectivity index (χ1n) is 8.96.